The lowest BCUT2D eigenvalue weighted by molar-refractivity contribution is -0.144. The first-order valence-corrected chi connectivity index (χ1v) is 35.9. The largest absolute Gasteiger partial charge is 0.481 e. The second kappa shape index (κ2) is 56.9. The van der Waals surface area contributed by atoms with E-state index in [1.54, 1.807) is 0 Å². The number of aliphatic hydroxyl groups is 1. The van der Waals surface area contributed by atoms with E-state index in [1.165, 1.54) is 0 Å². The fourth-order valence-corrected chi connectivity index (χ4v) is 10.1. The van der Waals surface area contributed by atoms with Crippen LogP contribution in [0.15, 0.2) is 0 Å². The minimum absolute atomic E-state index is 0.00680. The molecule has 0 saturated carbocycles. The van der Waals surface area contributed by atoms with E-state index in [-0.39, 0.29) is 155 Å². The van der Waals surface area contributed by atoms with Crippen molar-refractivity contribution in [1.29, 1.82) is 43.3 Å². The number of carboxylic acid groups (broad SMARTS) is 2. The molecule has 0 rings (SSSR count). The number of carboxylic acids is 2. The molecule has 114 heavy (non-hydrogen) atoms. The lowest BCUT2D eigenvalue weighted by Gasteiger charge is -2.28. The molecule has 10 atom stereocenters. The van der Waals surface area contributed by atoms with Gasteiger partial charge in [-0.2, -0.15) is 0 Å². The first-order valence-electron chi connectivity index (χ1n) is 35.9. The summed E-state index contributed by atoms with van der Waals surface area (Å²) >= 11 is 0. The van der Waals surface area contributed by atoms with Crippen LogP contribution >= 0.6 is 0 Å². The maximum atomic E-state index is 14.9. The summed E-state index contributed by atoms with van der Waals surface area (Å²) < 4.78 is 0. The summed E-state index contributed by atoms with van der Waals surface area (Å²) in [6, 6.07) is -16.6. The van der Waals surface area contributed by atoms with Gasteiger partial charge in [0.05, 0.1) is 26.1 Å². The van der Waals surface area contributed by atoms with E-state index in [2.05, 4.69) is 95.7 Å². The summed E-state index contributed by atoms with van der Waals surface area (Å²) in [6.45, 7) is -1.89. The second-order valence-corrected chi connectivity index (χ2v) is 25.3. The second-order valence-electron chi connectivity index (χ2n) is 25.3. The quantitative estimate of drug-likeness (QED) is 0.0153. The zero-order valence-electron chi connectivity index (χ0n) is 63.2. The van der Waals surface area contributed by atoms with Gasteiger partial charge in [0, 0.05) is 59.3 Å². The molecular formula is C61H116N36O17. The molecule has 0 spiro atoms. The third-order valence-electron chi connectivity index (χ3n) is 15.7. The van der Waals surface area contributed by atoms with Crippen molar-refractivity contribution in [2.45, 2.75) is 176 Å². The third kappa shape index (κ3) is 49.0. The lowest BCUT2D eigenvalue weighted by atomic mass is 10.0. The van der Waals surface area contributed by atoms with Crippen molar-refractivity contribution in [3.05, 3.63) is 0 Å². The number of aliphatic hydroxyl groups excluding tert-OH is 1. The van der Waals surface area contributed by atoms with Crippen molar-refractivity contribution in [2.75, 3.05) is 72.1 Å². The Balaban J connectivity index is 7.89. The highest BCUT2D eigenvalue weighted by Gasteiger charge is 2.36. The maximum Gasteiger partial charge on any atom is 0.328 e. The van der Waals surface area contributed by atoms with Crippen LogP contribution in [0.3, 0.4) is 0 Å². The molecule has 0 fully saturated rings. The van der Waals surface area contributed by atoms with Gasteiger partial charge in [0.1, 0.15) is 60.4 Å². The molecule has 0 aliphatic carbocycles. The highest BCUT2D eigenvalue weighted by molar-refractivity contribution is 6.00. The molecule has 0 heterocycles. The SMILES string of the molecule is CC(=O)NCC(=O)N[C@@H](CCCNC(=N)N)C(=O)N[C@@H](CCCNC(=N)N)C(=O)N[C@@H](CCCNC(=N)N)C(=O)N[C@@H](CCCNC(=N)N)C(=O)N[C@@H](CCCNC(=N)N)C(=O)N[C@@H](CCCNC(=N)N)C(=O)N[C@@H](CCCNC(=N)N)C(=O)N[C@@H](CCCNC(=N)N)C(=O)NCC(=O)N[C@@H](CC(=O)O)C(=O)N[C@@H](CO)C(=O)O. The zero-order chi connectivity index (χ0) is 86.4. The predicted octanol–water partition coefficient (Wildman–Crippen LogP) is -14.3. The van der Waals surface area contributed by atoms with Gasteiger partial charge in [-0.05, 0) is 103 Å². The van der Waals surface area contributed by atoms with Gasteiger partial charge in [-0.25, -0.2) is 4.79 Å². The predicted molar refractivity (Wildman–Crippen MR) is 411 cm³/mol. The molecule has 53 heteroatoms. The molecule has 0 aliphatic heterocycles. The zero-order valence-corrected chi connectivity index (χ0v) is 63.2. The van der Waals surface area contributed by atoms with Gasteiger partial charge in [0.15, 0.2) is 47.7 Å². The minimum Gasteiger partial charge on any atom is -0.481 e. The van der Waals surface area contributed by atoms with E-state index >= 15 is 0 Å². The summed E-state index contributed by atoms with van der Waals surface area (Å²) in [5.74, 6) is -19.3. The van der Waals surface area contributed by atoms with Crippen molar-refractivity contribution in [3.63, 3.8) is 0 Å². The van der Waals surface area contributed by atoms with E-state index in [1.807, 2.05) is 10.6 Å². The van der Waals surface area contributed by atoms with Gasteiger partial charge in [-0.1, -0.05) is 0 Å². The molecule has 12 amide bonds. The fourth-order valence-electron chi connectivity index (χ4n) is 10.1. The highest BCUT2D eigenvalue weighted by Crippen LogP contribution is 2.11. The van der Waals surface area contributed by atoms with Gasteiger partial charge in [0.25, 0.3) is 0 Å². The number of aliphatic carboxylic acids is 2. The third-order valence-corrected chi connectivity index (χ3v) is 15.7. The van der Waals surface area contributed by atoms with Gasteiger partial charge in [-0.3, -0.25) is 106 Å². The molecule has 0 aromatic carbocycles. The Kier molecular flexibility index (Phi) is 50.2. The average molecular weight is 1630 g/mol. The Labute approximate surface area is 654 Å². The number of amides is 12. The van der Waals surface area contributed by atoms with E-state index < -0.39 is 217 Å². The Hall–Kier alpha value is -13.3. The summed E-state index contributed by atoms with van der Waals surface area (Å²) in [4.78, 5) is 190. The summed E-state index contributed by atoms with van der Waals surface area (Å²) in [5.41, 5.74) is 44.0. The van der Waals surface area contributed by atoms with E-state index in [0.29, 0.717) is 0 Å². The summed E-state index contributed by atoms with van der Waals surface area (Å²) in [5, 5.41) is 139. The van der Waals surface area contributed by atoms with Crippen LogP contribution in [0.5, 0.6) is 0 Å². The van der Waals surface area contributed by atoms with Gasteiger partial charge in [0.2, 0.25) is 70.9 Å². The molecule has 0 bridgehead atoms. The van der Waals surface area contributed by atoms with Crippen molar-refractivity contribution < 1.29 is 82.4 Å². The Morgan fingerprint density at radius 3 is 0.640 bits per heavy atom. The van der Waals surface area contributed by atoms with Crippen molar-refractivity contribution in [3.8, 4) is 0 Å². The smallest absolute Gasteiger partial charge is 0.328 e. The molecular weight excluding hydrogens is 1510 g/mol. The lowest BCUT2D eigenvalue weighted by Crippen LogP contribution is -2.60. The molecule has 53 nitrogen and oxygen atoms in total. The first kappa shape index (κ1) is 101. The highest BCUT2D eigenvalue weighted by atomic mass is 16.4. The molecule has 0 aliphatic rings. The molecule has 0 aromatic rings. The van der Waals surface area contributed by atoms with E-state index in [4.69, 9.17) is 89.1 Å². The number of rotatable bonds is 59. The average Bonchev–Trinajstić information content (AvgIpc) is 0.840. The van der Waals surface area contributed by atoms with E-state index in [0.717, 1.165) is 6.92 Å². The van der Waals surface area contributed by atoms with Crippen LogP contribution in [0, 0.1) is 43.3 Å². The number of nitrogens with one attached hydrogen (secondary N) is 28. The topological polar surface area (TPSA) is 939 Å². The van der Waals surface area contributed by atoms with Crippen molar-refractivity contribution in [2.24, 2.45) is 45.9 Å². The molecule has 642 valence electrons. The monoisotopic (exact) mass is 1620 g/mol. The number of nitrogens with two attached hydrogens (primary N) is 8. The Bertz CT molecular complexity index is 3310. The summed E-state index contributed by atoms with van der Waals surface area (Å²) in [7, 11) is 0. The number of carbonyl (C=O) groups is 14. The van der Waals surface area contributed by atoms with Crippen molar-refractivity contribution in [1.82, 2.24) is 106 Å². The molecule has 0 saturated heterocycles. The van der Waals surface area contributed by atoms with Crippen LogP contribution in [0.1, 0.15) is 116 Å². The number of carbonyl (C=O) groups excluding carboxylic acids is 12. The van der Waals surface area contributed by atoms with Gasteiger partial charge in [-0.15, -0.1) is 0 Å². The molecule has 47 N–H and O–H groups in total. The Morgan fingerprint density at radius 2 is 0.447 bits per heavy atom. The van der Waals surface area contributed by atoms with Crippen LogP contribution < -0.4 is 152 Å². The normalized spacial score (nSPS) is 13.2. The molecule has 0 aromatic heterocycles. The Morgan fingerprint density at radius 1 is 0.263 bits per heavy atom. The van der Waals surface area contributed by atoms with Crippen molar-refractivity contribution >= 4 is 131 Å². The molecule has 0 unspecified atom stereocenters. The number of guanidine groups is 8. The summed E-state index contributed by atoms with van der Waals surface area (Å²) in [6.07, 6.45) is -3.22. The van der Waals surface area contributed by atoms with Gasteiger partial charge < -0.3 is 168 Å². The minimum atomic E-state index is -1.94. The van der Waals surface area contributed by atoms with Crippen LogP contribution in [-0.2, 0) is 67.1 Å². The maximum absolute atomic E-state index is 14.9. The van der Waals surface area contributed by atoms with Crippen LogP contribution in [0.25, 0.3) is 0 Å². The van der Waals surface area contributed by atoms with Crippen LogP contribution in [-0.4, -0.2) is 278 Å². The van der Waals surface area contributed by atoms with Gasteiger partial charge >= 0.3 is 11.9 Å². The standard InChI is InChI=1S/C61H116N36O17/c1-30(99)86-27-41(100)88-32(11-3-19-79-55(64)65)45(105)91-34(13-5-21-81-57(68)69)47(107)93-36(15-7-23-83-59(72)73)49(109)95-38(17-9-25-85-61(76)77)51(111)96-37(16-8-24-84-60(74)75)50(110)94-35(14-6-22-82-58(70)71)48(108)92-33(12-4-20-80-56(66)67)46(106)90-31(10-2-18-78-54(62)63)44(104)87-28-42(101)89-39(26-43(102)103)52(112)97-40(29-98)53(113)114/h31-40,98H,2-29H2,1H3,(H,86,99)(H,87,104)(H,88,100)(H,89,101)(H,90,106)(H,91,105)(H,92,108)(H,93,107)(H,94,110)(H,95,109)(H,96,111)(H,97,112)(H,102,103)(H,113,114)(H4,62,63,78)(H4,64,65,79)(H4,66,67,80)(H4,68,69,81)(H4,70,71,82)(H4,72,73,83)(H4,74,75,84)(H4,76,77,85)/t31-,32-,33-,34-,35-,36-,37-,38-,39-,40-/m0/s1. The van der Waals surface area contributed by atoms with E-state index in [9.17, 15) is 82.4 Å². The van der Waals surface area contributed by atoms with Crippen LogP contribution in [0.4, 0.5) is 0 Å². The number of hydrogen-bond acceptors (Lipinski definition) is 23. The van der Waals surface area contributed by atoms with Crippen LogP contribution in [0.2, 0.25) is 0 Å². The fraction of sp³-hybridized carbons (Fsp3) is 0.639. The number of hydrogen-bond donors (Lipinski definition) is 39. The first-order chi connectivity index (χ1) is 53.6. The molecule has 0 radical (unpaired) electrons.